The molecule has 3 nitrogen and oxygen atoms in total. The van der Waals surface area contributed by atoms with Crippen LogP contribution in [0.5, 0.6) is 0 Å². The fourth-order valence-electron chi connectivity index (χ4n) is 1.92. The summed E-state index contributed by atoms with van der Waals surface area (Å²) < 4.78 is 5.18. The largest absolute Gasteiger partial charge is 0.449 e. The molecule has 1 aliphatic heterocycles. The van der Waals surface area contributed by atoms with Crippen molar-refractivity contribution in [2.75, 3.05) is 19.7 Å². The van der Waals surface area contributed by atoms with Crippen LogP contribution in [0, 0.1) is 5.92 Å². The Hall–Kier alpha value is -0.730. The maximum absolute atomic E-state index is 11.6. The van der Waals surface area contributed by atoms with E-state index in [1.807, 2.05) is 4.90 Å². The molecule has 0 aromatic carbocycles. The van der Waals surface area contributed by atoms with Crippen LogP contribution < -0.4 is 0 Å². The normalized spacial score (nSPS) is 17.9. The number of rotatable bonds is 4. The van der Waals surface area contributed by atoms with Gasteiger partial charge in [-0.3, -0.25) is 0 Å². The van der Waals surface area contributed by atoms with Gasteiger partial charge >= 0.3 is 6.09 Å². The van der Waals surface area contributed by atoms with Gasteiger partial charge in [0.05, 0.1) is 6.61 Å². The monoisotopic (exact) mass is 213 g/mol. The molecule has 1 fully saturated rings. The van der Waals surface area contributed by atoms with Crippen molar-refractivity contribution in [1.82, 2.24) is 4.90 Å². The lowest BCUT2D eigenvalue weighted by atomic mass is 9.95. The number of carbonyl (C=O) groups is 1. The highest BCUT2D eigenvalue weighted by atomic mass is 16.6. The van der Waals surface area contributed by atoms with E-state index in [-0.39, 0.29) is 6.09 Å². The van der Waals surface area contributed by atoms with E-state index in [1.54, 1.807) is 0 Å². The third-order valence-corrected chi connectivity index (χ3v) is 3.17. The molecule has 3 heteroatoms. The second-order valence-electron chi connectivity index (χ2n) is 4.31. The van der Waals surface area contributed by atoms with Gasteiger partial charge in [-0.2, -0.15) is 0 Å². The lowest BCUT2D eigenvalue weighted by Gasteiger charge is -2.30. The molecule has 0 spiro atoms. The fourth-order valence-corrected chi connectivity index (χ4v) is 1.92. The summed E-state index contributed by atoms with van der Waals surface area (Å²) in [4.78, 5) is 13.4. The predicted octanol–water partition coefficient (Wildman–Crippen LogP) is 3.05. The molecule has 1 aliphatic rings. The lowest BCUT2D eigenvalue weighted by Crippen LogP contribution is -2.38. The van der Waals surface area contributed by atoms with Gasteiger partial charge in [0.1, 0.15) is 0 Å². The quantitative estimate of drug-likeness (QED) is 0.672. The van der Waals surface area contributed by atoms with Gasteiger partial charge in [0, 0.05) is 13.1 Å². The lowest BCUT2D eigenvalue weighted by molar-refractivity contribution is 0.0863. The van der Waals surface area contributed by atoms with E-state index in [9.17, 15) is 4.79 Å². The minimum absolute atomic E-state index is 0.113. The summed E-state index contributed by atoms with van der Waals surface area (Å²) in [6.45, 7) is 6.65. The Labute approximate surface area is 92.8 Å². The minimum Gasteiger partial charge on any atom is -0.449 e. The number of nitrogens with zero attached hydrogens (tertiary/aromatic N) is 1. The zero-order valence-electron chi connectivity index (χ0n) is 10.00. The van der Waals surface area contributed by atoms with E-state index in [0.29, 0.717) is 6.61 Å². The zero-order valence-corrected chi connectivity index (χ0v) is 10.00. The molecular weight excluding hydrogens is 190 g/mol. The molecule has 0 atom stereocenters. The molecule has 0 aromatic rings. The van der Waals surface area contributed by atoms with Crippen LogP contribution in [-0.4, -0.2) is 30.7 Å². The number of carbonyl (C=O) groups excluding carboxylic acids is 1. The first kappa shape index (κ1) is 12.3. The van der Waals surface area contributed by atoms with Gasteiger partial charge in [-0.05, 0) is 25.2 Å². The zero-order chi connectivity index (χ0) is 11.1. The Morgan fingerprint density at radius 3 is 2.53 bits per heavy atom. The van der Waals surface area contributed by atoms with Crippen molar-refractivity contribution in [3.63, 3.8) is 0 Å². The average molecular weight is 213 g/mol. The van der Waals surface area contributed by atoms with Crippen molar-refractivity contribution < 1.29 is 9.53 Å². The Balaban J connectivity index is 2.18. The number of unbranched alkanes of at least 4 members (excludes halogenated alkanes) is 1. The van der Waals surface area contributed by atoms with Gasteiger partial charge in [-0.15, -0.1) is 0 Å². The van der Waals surface area contributed by atoms with Crippen LogP contribution in [0.15, 0.2) is 0 Å². The average Bonchev–Trinajstić information content (AvgIpc) is 2.29. The summed E-state index contributed by atoms with van der Waals surface area (Å²) in [6, 6.07) is 0. The smallest absolute Gasteiger partial charge is 0.409 e. The maximum atomic E-state index is 11.6. The highest BCUT2D eigenvalue weighted by Gasteiger charge is 2.22. The van der Waals surface area contributed by atoms with E-state index >= 15 is 0 Å². The summed E-state index contributed by atoms with van der Waals surface area (Å²) in [5.41, 5.74) is 0. The van der Waals surface area contributed by atoms with Gasteiger partial charge in [-0.1, -0.05) is 26.7 Å². The second kappa shape index (κ2) is 6.70. The highest BCUT2D eigenvalue weighted by Crippen LogP contribution is 2.20. The summed E-state index contributed by atoms with van der Waals surface area (Å²) in [7, 11) is 0. The Morgan fingerprint density at radius 2 is 2.00 bits per heavy atom. The van der Waals surface area contributed by atoms with Crippen molar-refractivity contribution in [1.29, 1.82) is 0 Å². The van der Waals surface area contributed by atoms with Crippen LogP contribution in [0.3, 0.4) is 0 Å². The Kier molecular flexibility index (Phi) is 5.51. The van der Waals surface area contributed by atoms with Crippen LogP contribution >= 0.6 is 0 Å². The van der Waals surface area contributed by atoms with Gasteiger partial charge < -0.3 is 9.64 Å². The van der Waals surface area contributed by atoms with E-state index in [2.05, 4.69) is 13.8 Å². The molecule has 0 aliphatic carbocycles. The standard InChI is InChI=1S/C12H23NO2/c1-3-5-10-15-12(14)13-8-6-11(4-2)7-9-13/h11H,3-10H2,1-2H3. The van der Waals surface area contributed by atoms with Gasteiger partial charge in [-0.25, -0.2) is 4.79 Å². The third-order valence-electron chi connectivity index (χ3n) is 3.17. The molecule has 0 bridgehead atoms. The van der Waals surface area contributed by atoms with Gasteiger partial charge in [0.2, 0.25) is 0 Å². The van der Waals surface area contributed by atoms with E-state index < -0.39 is 0 Å². The molecule has 1 amide bonds. The number of amides is 1. The SMILES string of the molecule is CCCCOC(=O)N1CCC(CC)CC1. The number of likely N-dealkylation sites (tertiary alicyclic amines) is 1. The summed E-state index contributed by atoms with van der Waals surface area (Å²) in [5.74, 6) is 0.810. The number of ether oxygens (including phenoxy) is 1. The Bertz CT molecular complexity index is 186. The molecule has 0 radical (unpaired) electrons. The molecule has 0 N–H and O–H groups in total. The van der Waals surface area contributed by atoms with Crippen molar-refractivity contribution in [2.45, 2.75) is 46.0 Å². The number of piperidine rings is 1. The molecule has 15 heavy (non-hydrogen) atoms. The topological polar surface area (TPSA) is 29.5 Å². The van der Waals surface area contributed by atoms with Crippen molar-refractivity contribution in [2.24, 2.45) is 5.92 Å². The van der Waals surface area contributed by atoms with Crippen molar-refractivity contribution in [3.05, 3.63) is 0 Å². The molecule has 0 saturated carbocycles. The summed E-state index contributed by atoms with van der Waals surface area (Å²) in [5, 5.41) is 0. The van der Waals surface area contributed by atoms with E-state index in [0.717, 1.165) is 44.7 Å². The first-order chi connectivity index (χ1) is 7.27. The third kappa shape index (κ3) is 4.10. The van der Waals surface area contributed by atoms with Crippen molar-refractivity contribution in [3.8, 4) is 0 Å². The molecule has 1 heterocycles. The fraction of sp³-hybridized carbons (Fsp3) is 0.917. The van der Waals surface area contributed by atoms with Crippen LogP contribution in [0.1, 0.15) is 46.0 Å². The number of hydrogen-bond donors (Lipinski definition) is 0. The predicted molar refractivity (Wildman–Crippen MR) is 60.8 cm³/mol. The van der Waals surface area contributed by atoms with Gasteiger partial charge in [0.25, 0.3) is 0 Å². The molecular formula is C12H23NO2. The van der Waals surface area contributed by atoms with Crippen LogP contribution in [0.4, 0.5) is 4.79 Å². The Morgan fingerprint density at radius 1 is 1.33 bits per heavy atom. The summed E-state index contributed by atoms with van der Waals surface area (Å²) in [6.07, 6.45) is 5.44. The van der Waals surface area contributed by atoms with E-state index in [4.69, 9.17) is 4.74 Å². The molecule has 88 valence electrons. The van der Waals surface area contributed by atoms with Crippen molar-refractivity contribution >= 4 is 6.09 Å². The molecule has 0 aromatic heterocycles. The summed E-state index contributed by atoms with van der Waals surface area (Å²) >= 11 is 0. The van der Waals surface area contributed by atoms with E-state index in [1.165, 1.54) is 6.42 Å². The highest BCUT2D eigenvalue weighted by molar-refractivity contribution is 5.67. The van der Waals surface area contributed by atoms with Crippen LogP contribution in [-0.2, 0) is 4.74 Å². The first-order valence-electron chi connectivity index (χ1n) is 6.19. The molecule has 1 saturated heterocycles. The van der Waals surface area contributed by atoms with Crippen LogP contribution in [0.25, 0.3) is 0 Å². The maximum Gasteiger partial charge on any atom is 0.409 e. The molecule has 0 unspecified atom stereocenters. The van der Waals surface area contributed by atoms with Crippen LogP contribution in [0.2, 0.25) is 0 Å². The first-order valence-corrected chi connectivity index (χ1v) is 6.19. The minimum atomic E-state index is -0.113. The molecule has 1 rings (SSSR count). The van der Waals surface area contributed by atoms with Gasteiger partial charge in [0.15, 0.2) is 0 Å². The second-order valence-corrected chi connectivity index (χ2v) is 4.31. The number of hydrogen-bond acceptors (Lipinski definition) is 2.